The summed E-state index contributed by atoms with van der Waals surface area (Å²) < 4.78 is 22.7. The van der Waals surface area contributed by atoms with Gasteiger partial charge in [0.2, 0.25) is 0 Å². The molecule has 7 heteroatoms. The van der Waals surface area contributed by atoms with Crippen molar-refractivity contribution in [3.8, 4) is 0 Å². The van der Waals surface area contributed by atoms with Gasteiger partial charge in [0, 0.05) is 44.6 Å². The zero-order chi connectivity index (χ0) is 52.8. The quantitative estimate of drug-likeness (QED) is 0.255. The first-order valence-corrected chi connectivity index (χ1v) is 28.6. The van der Waals surface area contributed by atoms with Crippen LogP contribution >= 0.6 is 0 Å². The number of rotatable bonds is 7. The third kappa shape index (κ3) is 46.8. The standard InChI is InChI=1S/C15H22N2O.C12H23NO2S.C10H22.C4H8.8C2H6/c1-15(2)8-6-13(7-9-15)17(3)14(18)12-5-4-10-16-11-12;1-12(2)5-3-11(4-6-12)13-7-9-16(14,15)10-8-13;1-6-10(4,5)8-7-9(2)3;1-4(2)3;8*1-2/h4-5,10-11,13H,6-9H2,1-3H3;11H,3-10H2,1-2H3;9H,6-8H2,1-5H3;1H2,2-3H3;8*1-2H3. The molecule has 1 amide bonds. The summed E-state index contributed by atoms with van der Waals surface area (Å²) in [4.78, 5) is 20.6. The lowest BCUT2D eigenvalue weighted by atomic mass is 9.75. The number of sulfone groups is 1. The summed E-state index contributed by atoms with van der Waals surface area (Å²) in [6, 6.07) is 4.66. The van der Waals surface area contributed by atoms with Gasteiger partial charge in [-0.3, -0.25) is 14.7 Å². The van der Waals surface area contributed by atoms with E-state index in [1.165, 1.54) is 63.4 Å². The van der Waals surface area contributed by atoms with E-state index in [1.54, 1.807) is 12.4 Å². The summed E-state index contributed by atoms with van der Waals surface area (Å²) in [5.41, 5.74) is 3.36. The zero-order valence-corrected chi connectivity index (χ0v) is 50.1. The molecular formula is C57H123N3O3S. The molecule has 0 bridgehead atoms. The average molecular weight is 931 g/mol. The monoisotopic (exact) mass is 930 g/mol. The lowest BCUT2D eigenvalue weighted by molar-refractivity contribution is 0.0635. The third-order valence-electron chi connectivity index (χ3n) is 10.6. The molecule has 2 heterocycles. The van der Waals surface area contributed by atoms with Crippen molar-refractivity contribution in [1.29, 1.82) is 0 Å². The van der Waals surface area contributed by atoms with Crippen LogP contribution in [0.25, 0.3) is 0 Å². The normalized spacial score (nSPS) is 16.5. The van der Waals surface area contributed by atoms with E-state index in [-0.39, 0.29) is 5.91 Å². The first kappa shape index (κ1) is 79.4. The average Bonchev–Trinajstić information content (AvgIpc) is 3.31. The van der Waals surface area contributed by atoms with Crippen molar-refractivity contribution in [3.63, 3.8) is 0 Å². The molecule has 0 atom stereocenters. The minimum Gasteiger partial charge on any atom is -0.339 e. The van der Waals surface area contributed by atoms with Crippen LogP contribution in [0.4, 0.5) is 0 Å². The van der Waals surface area contributed by atoms with Gasteiger partial charge in [-0.25, -0.2) is 8.42 Å². The fourth-order valence-electron chi connectivity index (χ4n) is 6.33. The highest BCUT2D eigenvalue weighted by atomic mass is 32.2. The van der Waals surface area contributed by atoms with Crippen LogP contribution in [-0.4, -0.2) is 72.8 Å². The summed E-state index contributed by atoms with van der Waals surface area (Å²) >= 11 is 0. The maximum Gasteiger partial charge on any atom is 0.255 e. The summed E-state index contributed by atoms with van der Waals surface area (Å²) in [6.45, 7) is 61.9. The molecule has 0 N–H and O–H groups in total. The van der Waals surface area contributed by atoms with E-state index in [0.29, 0.717) is 45.4 Å². The SMILES string of the molecule is C=C(C)C.CC.CC.CC.CC.CC.CC.CC.CC.CC1(C)CCC(N2CCS(=O)(=O)CC2)CC1.CCC(C)(C)CCC(C)C.CN(C(=O)c1cccnc1)C1CCC(C)(C)CC1. The highest BCUT2D eigenvalue weighted by Gasteiger charge is 2.33. The van der Waals surface area contributed by atoms with Gasteiger partial charge in [-0.2, -0.15) is 0 Å². The van der Waals surface area contributed by atoms with Crippen molar-refractivity contribution >= 4 is 15.7 Å². The number of hydrogen-bond acceptors (Lipinski definition) is 5. The van der Waals surface area contributed by atoms with Crippen LogP contribution in [0.3, 0.4) is 0 Å². The van der Waals surface area contributed by atoms with Crippen LogP contribution in [-0.2, 0) is 9.84 Å². The Morgan fingerprint density at radius 1 is 0.766 bits per heavy atom. The number of aromatic nitrogens is 1. The van der Waals surface area contributed by atoms with Gasteiger partial charge in [0.05, 0.1) is 17.1 Å². The Morgan fingerprint density at radius 3 is 1.44 bits per heavy atom. The Balaban J connectivity index is -0.000000104. The van der Waals surface area contributed by atoms with Gasteiger partial charge in [0.25, 0.3) is 5.91 Å². The summed E-state index contributed by atoms with van der Waals surface area (Å²) in [5.74, 6) is 1.69. The van der Waals surface area contributed by atoms with Crippen LogP contribution in [0.5, 0.6) is 0 Å². The van der Waals surface area contributed by atoms with Gasteiger partial charge in [-0.05, 0) is 106 Å². The smallest absolute Gasteiger partial charge is 0.255 e. The zero-order valence-electron chi connectivity index (χ0n) is 49.3. The van der Waals surface area contributed by atoms with Crippen molar-refractivity contribution in [2.45, 2.75) is 270 Å². The molecule has 0 spiro atoms. The summed E-state index contributed by atoms with van der Waals surface area (Å²) in [7, 11) is -0.804. The molecule has 4 rings (SSSR count). The largest absolute Gasteiger partial charge is 0.339 e. The van der Waals surface area contributed by atoms with E-state index in [9.17, 15) is 13.2 Å². The molecular weight excluding hydrogens is 807 g/mol. The first-order chi connectivity index (χ1) is 30.1. The second-order valence-electron chi connectivity index (χ2n) is 17.8. The predicted octanol–water partition coefficient (Wildman–Crippen LogP) is 18.5. The number of amides is 1. The Morgan fingerprint density at radius 2 is 1.12 bits per heavy atom. The van der Waals surface area contributed by atoms with E-state index in [1.807, 2.05) is 149 Å². The van der Waals surface area contributed by atoms with Gasteiger partial charge in [0.15, 0.2) is 9.84 Å². The second-order valence-corrected chi connectivity index (χ2v) is 20.1. The van der Waals surface area contributed by atoms with Gasteiger partial charge in [0.1, 0.15) is 0 Å². The highest BCUT2D eigenvalue weighted by Crippen LogP contribution is 2.38. The number of pyridine rings is 1. The summed E-state index contributed by atoms with van der Waals surface area (Å²) in [5, 5.41) is 0. The Hall–Kier alpha value is -1.73. The number of hydrogen-bond donors (Lipinski definition) is 0. The van der Waals surface area contributed by atoms with E-state index in [0.717, 1.165) is 31.8 Å². The number of allylic oxidation sites excluding steroid dienone is 1. The first-order valence-electron chi connectivity index (χ1n) is 26.8. The molecule has 3 aliphatic rings. The minimum absolute atomic E-state index is 0.0906. The summed E-state index contributed by atoms with van der Waals surface area (Å²) in [6.07, 6.45) is 17.0. The minimum atomic E-state index is -2.72. The van der Waals surface area contributed by atoms with Crippen molar-refractivity contribution in [1.82, 2.24) is 14.8 Å². The van der Waals surface area contributed by atoms with E-state index < -0.39 is 9.84 Å². The maximum absolute atomic E-state index is 12.3. The van der Waals surface area contributed by atoms with Gasteiger partial charge in [-0.1, -0.05) is 192 Å². The fraction of sp³-hybridized carbons (Fsp3) is 0.860. The highest BCUT2D eigenvalue weighted by molar-refractivity contribution is 7.91. The maximum atomic E-state index is 12.3. The van der Waals surface area contributed by atoms with Gasteiger partial charge in [-0.15, -0.1) is 6.58 Å². The lowest BCUT2D eigenvalue weighted by Gasteiger charge is -2.41. The molecule has 390 valence electrons. The van der Waals surface area contributed by atoms with Crippen LogP contribution in [0.1, 0.15) is 268 Å². The van der Waals surface area contributed by atoms with Gasteiger partial charge >= 0.3 is 0 Å². The topological polar surface area (TPSA) is 70.6 Å². The van der Waals surface area contributed by atoms with Crippen LogP contribution in [0.15, 0.2) is 36.7 Å². The lowest BCUT2D eigenvalue weighted by Crippen LogP contribution is -2.47. The number of nitrogens with zero attached hydrogens (tertiary/aromatic N) is 3. The second kappa shape index (κ2) is 50.7. The van der Waals surface area contributed by atoms with Crippen molar-refractivity contribution in [2.24, 2.45) is 22.2 Å². The van der Waals surface area contributed by atoms with Crippen LogP contribution < -0.4 is 0 Å². The fourth-order valence-corrected chi connectivity index (χ4v) is 7.56. The molecule has 0 radical (unpaired) electrons. The molecule has 0 unspecified atom stereocenters. The Bertz CT molecular complexity index is 1160. The Kier molecular flexibility index (Phi) is 62.8. The van der Waals surface area contributed by atoms with Crippen LogP contribution in [0.2, 0.25) is 0 Å². The Labute approximate surface area is 407 Å². The molecule has 3 fully saturated rings. The molecule has 1 aromatic heterocycles. The molecule has 1 saturated heterocycles. The third-order valence-corrected chi connectivity index (χ3v) is 12.3. The van der Waals surface area contributed by atoms with E-state index >= 15 is 0 Å². The number of carbonyl (C=O) groups excluding carboxylic acids is 1. The van der Waals surface area contributed by atoms with E-state index in [4.69, 9.17) is 0 Å². The molecule has 1 aliphatic heterocycles. The predicted molar refractivity (Wildman–Crippen MR) is 298 cm³/mol. The van der Waals surface area contributed by atoms with Crippen LogP contribution in [0, 0.1) is 22.2 Å². The van der Waals surface area contributed by atoms with Gasteiger partial charge < -0.3 is 4.90 Å². The molecule has 64 heavy (non-hydrogen) atoms. The molecule has 0 aromatic carbocycles. The van der Waals surface area contributed by atoms with Crippen molar-refractivity contribution < 1.29 is 13.2 Å². The molecule has 2 saturated carbocycles. The molecule has 6 nitrogen and oxygen atoms in total. The van der Waals surface area contributed by atoms with Crippen molar-refractivity contribution in [3.05, 3.63) is 42.2 Å². The van der Waals surface area contributed by atoms with Crippen molar-refractivity contribution in [2.75, 3.05) is 31.6 Å². The molecule has 2 aliphatic carbocycles. The van der Waals surface area contributed by atoms with E-state index in [2.05, 4.69) is 78.8 Å². The molecule has 1 aromatic rings. The number of carbonyl (C=O) groups is 1.